The summed E-state index contributed by atoms with van der Waals surface area (Å²) < 4.78 is 45.4. The maximum atomic E-state index is 14.0. The van der Waals surface area contributed by atoms with Crippen molar-refractivity contribution in [3.05, 3.63) is 71.5 Å². The van der Waals surface area contributed by atoms with Gasteiger partial charge in [0, 0.05) is 61.1 Å². The van der Waals surface area contributed by atoms with Crippen LogP contribution in [0.3, 0.4) is 0 Å². The lowest BCUT2D eigenvalue weighted by Crippen LogP contribution is -2.54. The first-order valence-electron chi connectivity index (χ1n) is 13.9. The number of aromatic nitrogens is 3. The molecule has 1 aromatic carbocycles. The Morgan fingerprint density at radius 2 is 1.90 bits per heavy atom. The quantitative estimate of drug-likeness (QED) is 0.400. The third kappa shape index (κ3) is 5.87. The average Bonchev–Trinajstić information content (AvgIpc) is 3.41. The van der Waals surface area contributed by atoms with Gasteiger partial charge in [0.2, 0.25) is 17.5 Å². The summed E-state index contributed by atoms with van der Waals surface area (Å²) in [5.41, 5.74) is -0.140. The van der Waals surface area contributed by atoms with Gasteiger partial charge in [0.05, 0.1) is 24.2 Å². The summed E-state index contributed by atoms with van der Waals surface area (Å²) in [4.78, 5) is 34.9. The summed E-state index contributed by atoms with van der Waals surface area (Å²) in [6.07, 6.45) is 2.03. The number of carbonyl (C=O) groups excluding carboxylic acids is 1. The van der Waals surface area contributed by atoms with Crippen LogP contribution in [0.25, 0.3) is 16.2 Å². The van der Waals surface area contributed by atoms with Crippen LogP contribution in [0.2, 0.25) is 0 Å². The molecule has 0 unspecified atom stereocenters. The van der Waals surface area contributed by atoms with Gasteiger partial charge in [0.25, 0.3) is 0 Å². The van der Waals surface area contributed by atoms with Crippen molar-refractivity contribution in [1.82, 2.24) is 25.2 Å². The van der Waals surface area contributed by atoms with Crippen LogP contribution in [-0.4, -0.2) is 71.6 Å². The van der Waals surface area contributed by atoms with Crippen molar-refractivity contribution >= 4 is 17.3 Å². The summed E-state index contributed by atoms with van der Waals surface area (Å²) in [7, 11) is 2.01. The Balaban J connectivity index is 1.44. The number of likely N-dealkylation sites (N-methyl/N-ethyl adjacent to an activating group) is 1. The van der Waals surface area contributed by atoms with Crippen LogP contribution in [0.1, 0.15) is 37.3 Å². The lowest BCUT2D eigenvalue weighted by atomic mass is 9.72. The number of alkyl halides is 3. The Kier molecular flexibility index (Phi) is 8.31. The second kappa shape index (κ2) is 11.9. The number of hydrogen-bond acceptors (Lipinski definition) is 7. The smallest absolute Gasteiger partial charge is 0.415 e. The number of benzene rings is 1. The molecular formula is C30H32F3N7O2. The van der Waals surface area contributed by atoms with Crippen LogP contribution in [0.4, 0.5) is 24.5 Å². The number of rotatable bonds is 7. The third-order valence-corrected chi connectivity index (χ3v) is 8.04. The van der Waals surface area contributed by atoms with Gasteiger partial charge >= 0.3 is 6.18 Å². The average molecular weight is 580 g/mol. The Morgan fingerprint density at radius 3 is 2.52 bits per heavy atom. The topological polar surface area (TPSA) is 87.8 Å². The van der Waals surface area contributed by atoms with Crippen LogP contribution in [0, 0.1) is 6.57 Å². The summed E-state index contributed by atoms with van der Waals surface area (Å²) in [5.74, 6) is 0.728. The number of anilines is 1. The van der Waals surface area contributed by atoms with Crippen LogP contribution in [-0.2, 0) is 16.4 Å². The molecule has 0 radical (unpaired) electrons. The fourth-order valence-corrected chi connectivity index (χ4v) is 5.74. The number of nitrogens with zero attached hydrogens (tertiary/aromatic N) is 6. The Bertz CT molecular complexity index is 1460. The summed E-state index contributed by atoms with van der Waals surface area (Å²) >= 11 is 0. The molecule has 0 aliphatic carbocycles. The molecule has 1 N–H and O–H groups in total. The van der Waals surface area contributed by atoms with E-state index in [9.17, 15) is 18.0 Å². The zero-order valence-corrected chi connectivity index (χ0v) is 23.5. The molecule has 2 aliphatic rings. The number of carbonyl (C=O) groups is 1. The SMILES string of the molecule is [C-]#[N+]c1cc(C(F)(F)F)ccc1N1CCC(C(=O)N[C@H]2CCN(C)C2)(c2cnc(-c3cccnc3OCC)nc2)CC1. The summed E-state index contributed by atoms with van der Waals surface area (Å²) in [6.45, 7) is 12.2. The largest absolute Gasteiger partial charge is 0.477 e. The lowest BCUT2D eigenvalue weighted by molar-refractivity contribution is -0.137. The Labute approximate surface area is 242 Å². The van der Waals surface area contributed by atoms with Crippen LogP contribution in [0.15, 0.2) is 48.9 Å². The van der Waals surface area contributed by atoms with Gasteiger partial charge in [0.15, 0.2) is 5.82 Å². The minimum atomic E-state index is -4.53. The van der Waals surface area contributed by atoms with E-state index in [-0.39, 0.29) is 17.6 Å². The van der Waals surface area contributed by atoms with Gasteiger partial charge in [-0.1, -0.05) is 6.07 Å². The van der Waals surface area contributed by atoms with E-state index >= 15 is 0 Å². The fourth-order valence-electron chi connectivity index (χ4n) is 5.74. The van der Waals surface area contributed by atoms with E-state index in [1.807, 2.05) is 24.9 Å². The number of halogens is 3. The second-order valence-corrected chi connectivity index (χ2v) is 10.7. The van der Waals surface area contributed by atoms with E-state index in [4.69, 9.17) is 11.3 Å². The molecule has 9 nitrogen and oxygen atoms in total. The van der Waals surface area contributed by atoms with Crippen LogP contribution >= 0.6 is 0 Å². The minimum Gasteiger partial charge on any atom is -0.477 e. The van der Waals surface area contributed by atoms with Gasteiger partial charge in [-0.15, -0.1) is 0 Å². The molecule has 0 bridgehead atoms. The summed E-state index contributed by atoms with van der Waals surface area (Å²) in [6, 6.07) is 6.84. The predicted octanol–water partition coefficient (Wildman–Crippen LogP) is 4.87. The maximum absolute atomic E-state index is 14.0. The zero-order chi connectivity index (χ0) is 29.9. The summed E-state index contributed by atoms with van der Waals surface area (Å²) in [5, 5.41) is 3.23. The van der Waals surface area contributed by atoms with Crippen molar-refractivity contribution in [3.8, 4) is 17.3 Å². The number of piperidine rings is 1. The molecule has 220 valence electrons. The van der Waals surface area contributed by atoms with Crippen LogP contribution in [0.5, 0.6) is 5.88 Å². The van der Waals surface area contributed by atoms with Crippen molar-refractivity contribution in [1.29, 1.82) is 0 Å². The highest BCUT2D eigenvalue weighted by Gasteiger charge is 2.45. The highest BCUT2D eigenvalue weighted by Crippen LogP contribution is 2.42. The minimum absolute atomic E-state index is 0.0189. The van der Waals surface area contributed by atoms with E-state index < -0.39 is 17.2 Å². The van der Waals surface area contributed by atoms with Crippen LogP contribution < -0.4 is 15.0 Å². The molecule has 2 saturated heterocycles. The number of ether oxygens (including phenoxy) is 1. The third-order valence-electron chi connectivity index (χ3n) is 8.04. The van der Waals surface area contributed by atoms with Crippen molar-refractivity contribution in [2.45, 2.75) is 43.8 Å². The van der Waals surface area contributed by atoms with E-state index in [1.165, 1.54) is 6.07 Å². The molecule has 2 fully saturated rings. The number of hydrogen-bond donors (Lipinski definition) is 1. The van der Waals surface area contributed by atoms with Gasteiger partial charge < -0.3 is 19.9 Å². The van der Waals surface area contributed by atoms with Crippen molar-refractivity contribution in [2.24, 2.45) is 0 Å². The molecule has 1 atom stereocenters. The molecule has 42 heavy (non-hydrogen) atoms. The van der Waals surface area contributed by atoms with Crippen molar-refractivity contribution in [3.63, 3.8) is 0 Å². The Morgan fingerprint density at radius 1 is 1.17 bits per heavy atom. The molecular weight excluding hydrogens is 547 g/mol. The van der Waals surface area contributed by atoms with E-state index in [1.54, 1.807) is 24.7 Å². The van der Waals surface area contributed by atoms with Crippen molar-refractivity contribution < 1.29 is 22.7 Å². The fraction of sp³-hybridized carbons (Fsp3) is 0.433. The first-order valence-corrected chi connectivity index (χ1v) is 13.9. The van der Waals surface area contributed by atoms with Gasteiger partial charge in [-0.05, 0) is 64.0 Å². The molecule has 4 heterocycles. The highest BCUT2D eigenvalue weighted by atomic mass is 19.4. The molecule has 2 aliphatic heterocycles. The van der Waals surface area contributed by atoms with Gasteiger partial charge in [-0.25, -0.2) is 19.8 Å². The van der Waals surface area contributed by atoms with E-state index in [0.29, 0.717) is 61.1 Å². The maximum Gasteiger partial charge on any atom is 0.415 e. The van der Waals surface area contributed by atoms with Gasteiger partial charge in [-0.3, -0.25) is 4.79 Å². The predicted molar refractivity (Wildman–Crippen MR) is 151 cm³/mol. The van der Waals surface area contributed by atoms with Gasteiger partial charge in [0.1, 0.15) is 0 Å². The zero-order valence-electron chi connectivity index (χ0n) is 23.5. The molecule has 0 spiro atoms. The monoisotopic (exact) mass is 579 g/mol. The molecule has 3 aromatic rings. The van der Waals surface area contributed by atoms with E-state index in [2.05, 4.69) is 30.0 Å². The molecule has 12 heteroatoms. The van der Waals surface area contributed by atoms with E-state index in [0.717, 1.165) is 31.6 Å². The normalized spacial score (nSPS) is 18.9. The van der Waals surface area contributed by atoms with Crippen molar-refractivity contribution in [2.75, 3.05) is 44.7 Å². The number of nitrogens with one attached hydrogen (secondary N) is 1. The first-order chi connectivity index (χ1) is 20.1. The van der Waals surface area contributed by atoms with Gasteiger partial charge in [-0.2, -0.15) is 13.2 Å². The first kappa shape index (κ1) is 29.3. The Hall–Kier alpha value is -4.24. The number of amides is 1. The second-order valence-electron chi connectivity index (χ2n) is 10.7. The standard InChI is InChI=1S/C30H32F3N7O2/c1-4-42-27-23(6-5-12-35-27)26-36-17-21(18-37-26)29(28(41)38-22-9-13-39(3)19-22)10-14-40(15-11-29)25-8-7-20(30(31,32)33)16-24(25)34-2/h5-8,12,16-18,22H,4,9-11,13-15,19H2,1,3H3,(H,38,41)/t22-/m0/s1. The number of pyridine rings is 1. The number of likely N-dealkylation sites (tertiary alicyclic amines) is 1. The lowest BCUT2D eigenvalue weighted by Gasteiger charge is -2.42. The highest BCUT2D eigenvalue weighted by molar-refractivity contribution is 5.89. The molecule has 0 saturated carbocycles. The molecule has 5 rings (SSSR count). The molecule has 2 aromatic heterocycles. The molecule has 1 amide bonds.